The summed E-state index contributed by atoms with van der Waals surface area (Å²) in [5.41, 5.74) is 5.03. The van der Waals surface area contributed by atoms with Gasteiger partial charge < -0.3 is 25.2 Å². The number of benzene rings is 1. The first-order chi connectivity index (χ1) is 19.6. The van der Waals surface area contributed by atoms with E-state index in [1.807, 2.05) is 0 Å². The molecule has 1 aliphatic heterocycles. The number of nitrogens with two attached hydrogens (primary N) is 1. The molecule has 2 aromatic rings. The molecule has 0 spiro atoms. The van der Waals surface area contributed by atoms with Gasteiger partial charge in [0.2, 0.25) is 5.60 Å². The van der Waals surface area contributed by atoms with E-state index in [1.54, 1.807) is 5.48 Å². The molecule has 2 atom stereocenters. The van der Waals surface area contributed by atoms with Gasteiger partial charge >= 0.3 is 35.5 Å². The molecule has 1 aromatic heterocycles. The number of nitrogen functional groups attached to an aromatic ring is 1. The van der Waals surface area contributed by atoms with Gasteiger partial charge in [0.05, 0.1) is 12.0 Å². The largest absolute Gasteiger partial charge is 1.00 e. The number of esters is 1. The Morgan fingerprint density at radius 3 is 2.40 bits per heavy atom. The summed E-state index contributed by atoms with van der Waals surface area (Å²) in [7, 11) is -4.42. The molecule has 0 unspecified atom stereocenters. The first kappa shape index (κ1) is 35.5. The number of nitrogens with zero attached hydrogens (tertiary/aromatic N) is 4. The molecule has 226 valence electrons. The predicted molar refractivity (Wildman–Crippen MR) is 139 cm³/mol. The number of non-ortho nitro benzene ring substituents is 1. The van der Waals surface area contributed by atoms with Crippen LogP contribution in [0.1, 0.15) is 25.1 Å². The number of nitro benzene ring substituents is 1. The third-order valence-electron chi connectivity index (χ3n) is 5.40. The quantitative estimate of drug-likeness (QED) is 0.0373. The number of amides is 3. The van der Waals surface area contributed by atoms with Crippen molar-refractivity contribution < 1.29 is 81.0 Å². The number of β-lactam (4-membered cyclic amide) rings is 1. The van der Waals surface area contributed by atoms with Crippen LogP contribution in [0.3, 0.4) is 0 Å². The zero-order chi connectivity index (χ0) is 31.4. The molecule has 3 amide bonds. The number of carbonyl (C=O) groups excluding carboxylic acids is 4. The molecule has 0 saturated carbocycles. The molecule has 4 N–H and O–H groups in total. The number of thiazole rings is 1. The van der Waals surface area contributed by atoms with E-state index in [-0.39, 0.29) is 57.0 Å². The second-order valence-corrected chi connectivity index (χ2v) is 10.9. The van der Waals surface area contributed by atoms with E-state index in [0.717, 1.165) is 18.4 Å². The second kappa shape index (κ2) is 14.2. The van der Waals surface area contributed by atoms with Crippen LogP contribution >= 0.6 is 11.3 Å². The van der Waals surface area contributed by atoms with Crippen LogP contribution < -0.4 is 46.1 Å². The van der Waals surface area contributed by atoms with Crippen LogP contribution in [0.4, 0.5) is 10.8 Å². The van der Waals surface area contributed by atoms with Gasteiger partial charge in [-0.2, -0.15) is 0 Å². The number of rotatable bonds is 12. The van der Waals surface area contributed by atoms with E-state index in [1.165, 1.54) is 43.5 Å². The second-order valence-electron chi connectivity index (χ2n) is 8.77. The third kappa shape index (κ3) is 8.43. The van der Waals surface area contributed by atoms with Gasteiger partial charge in [0.1, 0.15) is 18.3 Å². The summed E-state index contributed by atoms with van der Waals surface area (Å²) >= 11 is 0.893. The molecule has 0 radical (unpaired) electrons. The van der Waals surface area contributed by atoms with Gasteiger partial charge in [-0.3, -0.25) is 29.3 Å². The fourth-order valence-corrected chi connectivity index (χ4v) is 4.69. The maximum absolute atomic E-state index is 13.1. The molecular weight excluding hydrogens is 629 g/mol. The van der Waals surface area contributed by atoms with E-state index in [2.05, 4.69) is 20.3 Å². The smallest absolute Gasteiger partial charge is 0.731 e. The number of hydrogen-bond donors (Lipinski definition) is 3. The van der Waals surface area contributed by atoms with Crippen LogP contribution in [0.2, 0.25) is 0 Å². The Hall–Kier alpha value is -3.73. The fraction of sp³-hybridized carbons (Fsp3) is 0.333. The standard InChI is InChI=1S/C21H23N7O12S2.Na/c1-21(2,19(32)39-8-10-4-6-11(7-5-10)28(33)34)40-25-13(12-9-41-20(22)23-12)16(29)24-14-15(17(30)26-38-3)27(18(14)31)42(35,36)37;/h4-7,9,14-15H,8H2,1-3H3,(H2,22,23)(H,24,29)(H,26,30)(H,35,36,37);/q;+1/p-1/t14-,15-;/m1./s1. The zero-order valence-electron chi connectivity index (χ0n) is 22.8. The Bertz CT molecular complexity index is 1550. The predicted octanol–water partition coefficient (Wildman–Crippen LogP) is -4.29. The van der Waals surface area contributed by atoms with Gasteiger partial charge in [-0.1, -0.05) is 5.16 Å². The van der Waals surface area contributed by atoms with Crippen LogP contribution in [-0.2, 0) is 50.5 Å². The summed E-state index contributed by atoms with van der Waals surface area (Å²) in [5.74, 6) is -4.81. The van der Waals surface area contributed by atoms with Crippen molar-refractivity contribution >= 4 is 61.9 Å². The van der Waals surface area contributed by atoms with Crippen molar-refractivity contribution in [2.75, 3.05) is 12.8 Å². The Morgan fingerprint density at radius 1 is 1.26 bits per heavy atom. The number of anilines is 1. The van der Waals surface area contributed by atoms with Crippen LogP contribution in [-0.4, -0.2) is 81.4 Å². The van der Waals surface area contributed by atoms with E-state index in [0.29, 0.717) is 5.56 Å². The monoisotopic (exact) mass is 651 g/mol. The minimum Gasteiger partial charge on any atom is -0.731 e. The zero-order valence-corrected chi connectivity index (χ0v) is 26.5. The summed E-state index contributed by atoms with van der Waals surface area (Å²) in [5, 5.41) is 17.8. The first-order valence-electron chi connectivity index (χ1n) is 11.4. The number of carbonyl (C=O) groups is 4. The number of ether oxygens (including phenoxy) is 1. The van der Waals surface area contributed by atoms with Crippen LogP contribution in [0, 0.1) is 10.1 Å². The summed E-state index contributed by atoms with van der Waals surface area (Å²) in [6.07, 6.45) is 0. The summed E-state index contributed by atoms with van der Waals surface area (Å²) in [6.45, 7) is 2.21. The van der Waals surface area contributed by atoms with Crippen molar-refractivity contribution in [3.05, 3.63) is 51.0 Å². The average molecular weight is 652 g/mol. The number of nitro groups is 1. The Balaban J connectivity index is 0.00000645. The van der Waals surface area contributed by atoms with E-state index in [4.69, 9.17) is 15.3 Å². The molecule has 19 nitrogen and oxygen atoms in total. The van der Waals surface area contributed by atoms with Crippen molar-refractivity contribution in [3.8, 4) is 0 Å². The van der Waals surface area contributed by atoms with E-state index in [9.17, 15) is 42.3 Å². The van der Waals surface area contributed by atoms with Gasteiger partial charge in [0.25, 0.3) is 23.4 Å². The van der Waals surface area contributed by atoms with Crippen molar-refractivity contribution in [2.24, 2.45) is 5.16 Å². The van der Waals surface area contributed by atoms with Crippen molar-refractivity contribution in [1.82, 2.24) is 20.1 Å². The molecular formula is C21H22N7NaO12S2. The summed E-state index contributed by atoms with van der Waals surface area (Å²) in [4.78, 5) is 74.2. The minimum atomic E-state index is -5.43. The molecule has 1 fully saturated rings. The van der Waals surface area contributed by atoms with Gasteiger partial charge in [0, 0.05) is 17.5 Å². The molecule has 3 rings (SSSR count). The Labute approximate surface area is 269 Å². The Morgan fingerprint density at radius 2 is 1.88 bits per heavy atom. The fourth-order valence-electron chi connectivity index (χ4n) is 3.32. The topological polar surface area (TPSA) is 275 Å². The third-order valence-corrected chi connectivity index (χ3v) is 6.97. The molecule has 2 heterocycles. The summed E-state index contributed by atoms with van der Waals surface area (Å²) in [6, 6.07) is 1.39. The minimum absolute atomic E-state index is 0. The van der Waals surface area contributed by atoms with E-state index < -0.39 is 62.3 Å². The molecule has 1 aromatic carbocycles. The maximum atomic E-state index is 13.1. The van der Waals surface area contributed by atoms with E-state index >= 15 is 0 Å². The summed E-state index contributed by atoms with van der Waals surface area (Å²) < 4.78 is 39.3. The molecule has 0 bridgehead atoms. The van der Waals surface area contributed by atoms with Crippen LogP contribution in [0.25, 0.3) is 0 Å². The molecule has 0 aliphatic carbocycles. The van der Waals surface area contributed by atoms with Crippen LogP contribution in [0.15, 0.2) is 34.8 Å². The van der Waals surface area contributed by atoms with Crippen molar-refractivity contribution in [3.63, 3.8) is 0 Å². The first-order valence-corrected chi connectivity index (χ1v) is 13.6. The maximum Gasteiger partial charge on any atom is 1.00 e. The van der Waals surface area contributed by atoms with Gasteiger partial charge in [-0.15, -0.1) is 11.3 Å². The molecule has 1 saturated heterocycles. The number of aromatic nitrogens is 1. The number of oxime groups is 1. The van der Waals surface area contributed by atoms with Gasteiger partial charge in [-0.05, 0) is 31.5 Å². The molecule has 22 heteroatoms. The number of hydroxylamine groups is 1. The van der Waals surface area contributed by atoms with Crippen molar-refractivity contribution in [1.29, 1.82) is 0 Å². The van der Waals surface area contributed by atoms with Gasteiger partial charge in [-0.25, -0.2) is 28.0 Å². The molecule has 43 heavy (non-hydrogen) atoms. The van der Waals surface area contributed by atoms with Crippen LogP contribution in [0.5, 0.6) is 0 Å². The van der Waals surface area contributed by atoms with Crippen molar-refractivity contribution in [2.45, 2.75) is 38.1 Å². The SMILES string of the molecule is CONC(=O)[C@H]1[C@@H](NC(=O)C(=NOC(C)(C)C(=O)OCc2ccc([N+](=O)[O-])cc2)c2csc(N)n2)C(=O)N1S(=O)(=O)[O-].[Na+]. The normalized spacial score (nSPS) is 16.8. The number of nitrogens with one attached hydrogen (secondary N) is 2. The average Bonchev–Trinajstić information content (AvgIpc) is 3.33. The van der Waals surface area contributed by atoms with Gasteiger partial charge in [0.15, 0.2) is 27.2 Å². The molecule has 1 aliphatic rings. The Kier molecular flexibility index (Phi) is 11.7. The number of hydrogen-bond acceptors (Lipinski definition) is 16.